The molecule has 0 radical (unpaired) electrons. The van der Waals surface area contributed by atoms with E-state index in [0.29, 0.717) is 32.1 Å². The Hall–Kier alpha value is -2.44. The van der Waals surface area contributed by atoms with Crippen molar-refractivity contribution in [1.29, 1.82) is 0 Å². The molecule has 0 aromatic rings. The largest absolute Gasteiger partial charge is 0.480 e. The van der Waals surface area contributed by atoms with E-state index in [4.69, 9.17) is 4.74 Å². The van der Waals surface area contributed by atoms with Gasteiger partial charge in [0.2, 0.25) is 11.8 Å². The number of esters is 1. The number of carboxylic acids is 1. The molecule has 7 heteroatoms. The van der Waals surface area contributed by atoms with Gasteiger partial charge in [0.05, 0.1) is 13.0 Å². The summed E-state index contributed by atoms with van der Waals surface area (Å²) in [7, 11) is 0. The van der Waals surface area contributed by atoms with Crippen LogP contribution in [0.3, 0.4) is 0 Å². The molecule has 7 nitrogen and oxygen atoms in total. The van der Waals surface area contributed by atoms with Crippen molar-refractivity contribution in [3.8, 4) is 0 Å². The topological polar surface area (TPSA) is 101 Å². The SMILES string of the molecule is C/C=C/CCCC(=O)N(C(=O)CCC/C=C/C)C(CC(=O)OCCC)C(=O)O. The lowest BCUT2D eigenvalue weighted by atomic mass is 10.1. The van der Waals surface area contributed by atoms with Gasteiger partial charge in [0, 0.05) is 12.8 Å². The van der Waals surface area contributed by atoms with E-state index < -0.39 is 36.2 Å². The minimum absolute atomic E-state index is 0.0404. The lowest BCUT2D eigenvalue weighted by Crippen LogP contribution is -2.49. The third-order valence-corrected chi connectivity index (χ3v) is 3.96. The maximum Gasteiger partial charge on any atom is 0.327 e. The zero-order chi connectivity index (χ0) is 21.4. The fourth-order valence-corrected chi connectivity index (χ4v) is 2.52. The molecular formula is C21H33NO6. The Balaban J connectivity index is 5.30. The van der Waals surface area contributed by atoms with E-state index in [2.05, 4.69) is 0 Å². The molecule has 0 aliphatic carbocycles. The van der Waals surface area contributed by atoms with Crippen molar-refractivity contribution in [1.82, 2.24) is 4.90 Å². The molecule has 0 heterocycles. The zero-order valence-electron chi connectivity index (χ0n) is 17.2. The number of nitrogens with zero attached hydrogens (tertiary/aromatic N) is 1. The van der Waals surface area contributed by atoms with Gasteiger partial charge < -0.3 is 9.84 Å². The number of carbonyl (C=O) groups excluding carboxylic acids is 3. The molecule has 0 aliphatic heterocycles. The van der Waals surface area contributed by atoms with Crippen LogP contribution < -0.4 is 0 Å². The second-order valence-electron chi connectivity index (χ2n) is 6.36. The van der Waals surface area contributed by atoms with Gasteiger partial charge >= 0.3 is 11.9 Å². The highest BCUT2D eigenvalue weighted by atomic mass is 16.5. The Labute approximate surface area is 167 Å². The summed E-state index contributed by atoms with van der Waals surface area (Å²) in [5, 5.41) is 9.56. The number of hydrogen-bond acceptors (Lipinski definition) is 5. The van der Waals surface area contributed by atoms with Crippen LogP contribution in [-0.4, -0.2) is 46.4 Å². The van der Waals surface area contributed by atoms with Crippen LogP contribution in [0.15, 0.2) is 24.3 Å². The Kier molecular flexibility index (Phi) is 14.2. The number of rotatable bonds is 14. The molecular weight excluding hydrogens is 362 g/mol. The van der Waals surface area contributed by atoms with Gasteiger partial charge in [0.25, 0.3) is 0 Å². The predicted octanol–water partition coefficient (Wildman–Crippen LogP) is 3.63. The highest BCUT2D eigenvalue weighted by Crippen LogP contribution is 2.15. The van der Waals surface area contributed by atoms with Crippen LogP contribution in [-0.2, 0) is 23.9 Å². The summed E-state index contributed by atoms with van der Waals surface area (Å²) in [6, 6.07) is -1.55. The normalized spacial score (nSPS) is 12.2. The quantitative estimate of drug-likeness (QED) is 0.274. The molecule has 2 amide bonds. The molecule has 158 valence electrons. The maximum absolute atomic E-state index is 12.6. The average molecular weight is 395 g/mol. The van der Waals surface area contributed by atoms with Crippen molar-refractivity contribution >= 4 is 23.8 Å². The van der Waals surface area contributed by atoms with Crippen molar-refractivity contribution in [3.05, 3.63) is 24.3 Å². The number of imide groups is 1. The Morgan fingerprint density at radius 3 is 1.86 bits per heavy atom. The van der Waals surface area contributed by atoms with Gasteiger partial charge in [-0.15, -0.1) is 0 Å². The monoisotopic (exact) mass is 395 g/mol. The first-order valence-corrected chi connectivity index (χ1v) is 9.84. The molecule has 0 aromatic heterocycles. The van der Waals surface area contributed by atoms with E-state index in [9.17, 15) is 24.3 Å². The van der Waals surface area contributed by atoms with Gasteiger partial charge in [-0.25, -0.2) is 4.79 Å². The molecule has 1 N–H and O–H groups in total. The first-order chi connectivity index (χ1) is 13.4. The lowest BCUT2D eigenvalue weighted by molar-refractivity contribution is -0.161. The number of carbonyl (C=O) groups is 4. The summed E-state index contributed by atoms with van der Waals surface area (Å²) in [6.45, 7) is 5.71. The average Bonchev–Trinajstić information content (AvgIpc) is 2.66. The number of carboxylic acid groups (broad SMARTS) is 1. The summed E-state index contributed by atoms with van der Waals surface area (Å²) >= 11 is 0. The molecule has 0 spiro atoms. The Morgan fingerprint density at radius 1 is 0.964 bits per heavy atom. The molecule has 1 unspecified atom stereocenters. The second kappa shape index (κ2) is 15.6. The van der Waals surface area contributed by atoms with Crippen LogP contribution >= 0.6 is 0 Å². The number of unbranched alkanes of at least 4 members (excludes halogenated alkanes) is 2. The number of allylic oxidation sites excluding steroid dienone is 4. The molecule has 0 aromatic carbocycles. The maximum atomic E-state index is 12.6. The van der Waals surface area contributed by atoms with Gasteiger partial charge in [0.1, 0.15) is 6.04 Å². The van der Waals surface area contributed by atoms with Crippen molar-refractivity contribution < 1.29 is 29.0 Å². The van der Waals surface area contributed by atoms with Crippen molar-refractivity contribution in [3.63, 3.8) is 0 Å². The van der Waals surface area contributed by atoms with Gasteiger partial charge in [-0.2, -0.15) is 0 Å². The third-order valence-electron chi connectivity index (χ3n) is 3.96. The Bertz CT molecular complexity index is 537. The molecule has 0 saturated heterocycles. The number of amides is 2. The summed E-state index contributed by atoms with van der Waals surface area (Å²) in [5.74, 6) is -3.27. The fraction of sp³-hybridized carbons (Fsp3) is 0.619. The van der Waals surface area contributed by atoms with Crippen LogP contribution in [0.2, 0.25) is 0 Å². The van der Waals surface area contributed by atoms with Crippen LogP contribution in [0.1, 0.15) is 72.1 Å². The van der Waals surface area contributed by atoms with Crippen LogP contribution in [0, 0.1) is 0 Å². The van der Waals surface area contributed by atoms with E-state index in [1.54, 1.807) is 0 Å². The van der Waals surface area contributed by atoms with Crippen molar-refractivity contribution in [2.24, 2.45) is 0 Å². The zero-order valence-corrected chi connectivity index (χ0v) is 17.2. The van der Waals surface area contributed by atoms with Crippen molar-refractivity contribution in [2.75, 3.05) is 6.61 Å². The Morgan fingerprint density at radius 2 is 1.46 bits per heavy atom. The molecule has 0 fully saturated rings. The number of hydrogen-bond donors (Lipinski definition) is 1. The predicted molar refractivity (Wildman–Crippen MR) is 106 cm³/mol. The molecule has 0 rings (SSSR count). The highest BCUT2D eigenvalue weighted by Gasteiger charge is 2.36. The minimum atomic E-state index is -1.55. The van der Waals surface area contributed by atoms with E-state index >= 15 is 0 Å². The lowest BCUT2D eigenvalue weighted by Gasteiger charge is -2.27. The first kappa shape index (κ1) is 25.6. The standard InChI is InChI=1S/C21H33NO6/c1-4-7-9-11-13-18(23)22(19(24)14-12-10-8-5-2)17(21(26)27)16-20(25)28-15-6-3/h4-5,7-8,17H,6,9-16H2,1-3H3,(H,26,27)/b7-4+,8-5+. The van der Waals surface area contributed by atoms with E-state index in [1.807, 2.05) is 45.1 Å². The summed E-state index contributed by atoms with van der Waals surface area (Å²) < 4.78 is 4.94. The molecule has 0 bridgehead atoms. The fourth-order valence-electron chi connectivity index (χ4n) is 2.52. The smallest absolute Gasteiger partial charge is 0.327 e. The second-order valence-corrected chi connectivity index (χ2v) is 6.36. The van der Waals surface area contributed by atoms with Gasteiger partial charge in [-0.1, -0.05) is 31.2 Å². The first-order valence-electron chi connectivity index (χ1n) is 9.84. The summed E-state index contributed by atoms with van der Waals surface area (Å²) in [6.07, 6.45) is 9.95. The van der Waals surface area contributed by atoms with Crippen LogP contribution in [0.25, 0.3) is 0 Å². The molecule has 28 heavy (non-hydrogen) atoms. The minimum Gasteiger partial charge on any atom is -0.480 e. The van der Waals surface area contributed by atoms with Crippen LogP contribution in [0.4, 0.5) is 0 Å². The molecule has 1 atom stereocenters. The third kappa shape index (κ3) is 10.6. The van der Waals surface area contributed by atoms with E-state index in [-0.39, 0.29) is 19.4 Å². The highest BCUT2D eigenvalue weighted by molar-refractivity contribution is 6.00. The number of aliphatic carboxylic acids is 1. The van der Waals surface area contributed by atoms with Gasteiger partial charge in [-0.3, -0.25) is 19.3 Å². The van der Waals surface area contributed by atoms with Crippen LogP contribution in [0.5, 0.6) is 0 Å². The van der Waals surface area contributed by atoms with Crippen molar-refractivity contribution in [2.45, 2.75) is 78.2 Å². The molecule has 0 saturated carbocycles. The number of ether oxygens (including phenoxy) is 1. The van der Waals surface area contributed by atoms with E-state index in [0.717, 1.165) is 4.90 Å². The summed E-state index contributed by atoms with van der Waals surface area (Å²) in [5.41, 5.74) is 0. The van der Waals surface area contributed by atoms with Gasteiger partial charge in [-0.05, 0) is 46.0 Å². The van der Waals surface area contributed by atoms with E-state index in [1.165, 1.54) is 0 Å². The summed E-state index contributed by atoms with van der Waals surface area (Å²) in [4.78, 5) is 49.7. The molecule has 0 aliphatic rings. The van der Waals surface area contributed by atoms with Gasteiger partial charge in [0.15, 0.2) is 0 Å².